The molecule has 0 radical (unpaired) electrons. The summed E-state index contributed by atoms with van der Waals surface area (Å²) in [5, 5.41) is 8.23. The van der Waals surface area contributed by atoms with Crippen molar-refractivity contribution in [3.8, 4) is 5.69 Å². The number of ether oxygens (including phenoxy) is 1. The number of carbonyl (C=O) groups is 1. The first-order valence-corrected chi connectivity index (χ1v) is 12.1. The third kappa shape index (κ3) is 4.17. The highest BCUT2D eigenvalue weighted by Crippen LogP contribution is 2.60. The summed E-state index contributed by atoms with van der Waals surface area (Å²) in [5.74, 6) is 2.46. The predicted molar refractivity (Wildman–Crippen MR) is 121 cm³/mol. The van der Waals surface area contributed by atoms with Gasteiger partial charge in [-0.3, -0.25) is 4.79 Å². The molecule has 0 unspecified atom stereocenters. The Labute approximate surface area is 185 Å². The van der Waals surface area contributed by atoms with E-state index >= 15 is 0 Å². The molecule has 1 heterocycles. The lowest BCUT2D eigenvalue weighted by molar-refractivity contribution is -0.00770. The molecule has 1 aromatic carbocycles. The summed E-state index contributed by atoms with van der Waals surface area (Å²) in [6.07, 6.45) is 10.8. The molecule has 4 aliphatic rings. The molecule has 1 N–H and O–H groups in total. The lowest BCUT2D eigenvalue weighted by Gasteiger charge is -2.56. The molecule has 5 nitrogen and oxygen atoms in total. The second-order valence-electron chi connectivity index (χ2n) is 10.4. The minimum absolute atomic E-state index is 0.0115. The third-order valence-electron chi connectivity index (χ3n) is 7.58. The number of nitrogens with zero attached hydrogens (tertiary/aromatic N) is 2. The van der Waals surface area contributed by atoms with Crippen LogP contribution in [-0.2, 0) is 10.2 Å². The summed E-state index contributed by atoms with van der Waals surface area (Å²) in [6, 6.07) is 10.2. The summed E-state index contributed by atoms with van der Waals surface area (Å²) in [5.41, 5.74) is 2.92. The van der Waals surface area contributed by atoms with Crippen molar-refractivity contribution in [2.75, 3.05) is 13.2 Å². The predicted octanol–water partition coefficient (Wildman–Crippen LogP) is 4.89. The fourth-order valence-electron chi connectivity index (χ4n) is 6.73. The topological polar surface area (TPSA) is 56.1 Å². The van der Waals surface area contributed by atoms with Crippen molar-refractivity contribution in [2.45, 2.75) is 70.3 Å². The minimum Gasteiger partial charge on any atom is -0.379 e. The largest absolute Gasteiger partial charge is 0.379 e. The van der Waals surface area contributed by atoms with E-state index in [1.165, 1.54) is 38.5 Å². The van der Waals surface area contributed by atoms with Crippen molar-refractivity contribution >= 4 is 5.91 Å². The van der Waals surface area contributed by atoms with E-state index in [1.54, 1.807) is 0 Å². The van der Waals surface area contributed by atoms with Crippen molar-refractivity contribution < 1.29 is 9.53 Å². The van der Waals surface area contributed by atoms with E-state index in [9.17, 15) is 4.79 Å². The van der Waals surface area contributed by atoms with Gasteiger partial charge in [0.15, 0.2) is 0 Å². The maximum atomic E-state index is 13.3. The maximum Gasteiger partial charge on any atom is 0.254 e. The van der Waals surface area contributed by atoms with E-state index in [-0.39, 0.29) is 17.4 Å². The van der Waals surface area contributed by atoms with Crippen molar-refractivity contribution in [1.29, 1.82) is 0 Å². The number of carbonyl (C=O) groups excluding carboxylic acids is 1. The quantitative estimate of drug-likeness (QED) is 0.618. The Morgan fingerprint density at radius 1 is 1.13 bits per heavy atom. The van der Waals surface area contributed by atoms with Gasteiger partial charge < -0.3 is 10.1 Å². The fourth-order valence-corrected chi connectivity index (χ4v) is 6.73. The molecule has 0 atom stereocenters. The highest BCUT2D eigenvalue weighted by Gasteiger charge is 2.53. The van der Waals surface area contributed by atoms with Gasteiger partial charge in [0.25, 0.3) is 5.91 Å². The molecule has 4 aliphatic carbocycles. The first-order valence-electron chi connectivity index (χ1n) is 12.1. The van der Waals surface area contributed by atoms with Crippen molar-refractivity contribution in [3.63, 3.8) is 0 Å². The molecule has 0 spiro atoms. The van der Waals surface area contributed by atoms with Crippen molar-refractivity contribution in [3.05, 3.63) is 47.8 Å². The van der Waals surface area contributed by atoms with Gasteiger partial charge in [-0.25, -0.2) is 4.68 Å². The lowest BCUT2D eigenvalue weighted by Crippen LogP contribution is -2.49. The molecule has 1 aromatic heterocycles. The Kier molecular flexibility index (Phi) is 5.63. The lowest BCUT2D eigenvalue weighted by atomic mass is 9.48. The van der Waals surface area contributed by atoms with Gasteiger partial charge >= 0.3 is 0 Å². The van der Waals surface area contributed by atoms with E-state index in [0.717, 1.165) is 41.1 Å². The standard InChI is InChI=1S/C26H35N3O2/c1-18(2)31-10-6-9-27-25(30)23-17-29(22-7-4-3-5-8-22)28-24(23)26-14-19-11-20(15-26)13-21(12-19)16-26/h3-5,7-8,17-21H,6,9-16H2,1-2H3,(H,27,30). The van der Waals surface area contributed by atoms with Crippen LogP contribution in [0.1, 0.15) is 74.8 Å². The van der Waals surface area contributed by atoms with Gasteiger partial charge in [-0.1, -0.05) is 18.2 Å². The fraction of sp³-hybridized carbons (Fsp3) is 0.615. The Morgan fingerprint density at radius 2 is 1.77 bits per heavy atom. The molecule has 0 saturated heterocycles. The second-order valence-corrected chi connectivity index (χ2v) is 10.4. The number of aromatic nitrogens is 2. The Hall–Kier alpha value is -2.14. The van der Waals surface area contributed by atoms with Crippen LogP contribution >= 0.6 is 0 Å². The van der Waals surface area contributed by atoms with Crippen LogP contribution in [0.4, 0.5) is 0 Å². The molecule has 4 saturated carbocycles. The molecular weight excluding hydrogens is 386 g/mol. The average molecular weight is 422 g/mol. The van der Waals surface area contributed by atoms with Crippen LogP contribution < -0.4 is 5.32 Å². The van der Waals surface area contributed by atoms with Gasteiger partial charge in [0.2, 0.25) is 0 Å². The van der Waals surface area contributed by atoms with Crippen LogP contribution in [0.3, 0.4) is 0 Å². The Balaban J connectivity index is 1.41. The van der Waals surface area contributed by atoms with Crippen LogP contribution in [0.5, 0.6) is 0 Å². The SMILES string of the molecule is CC(C)OCCCNC(=O)c1cn(-c2ccccc2)nc1C12CC3CC(CC(C3)C1)C2. The van der Waals surface area contributed by atoms with Crippen LogP contribution in [0.25, 0.3) is 5.69 Å². The van der Waals surface area contributed by atoms with Crippen LogP contribution in [0.15, 0.2) is 36.5 Å². The van der Waals surface area contributed by atoms with Crippen molar-refractivity contribution in [2.24, 2.45) is 17.8 Å². The Morgan fingerprint density at radius 3 is 2.39 bits per heavy atom. The minimum atomic E-state index is 0.0115. The highest BCUT2D eigenvalue weighted by molar-refractivity contribution is 5.95. The summed E-state index contributed by atoms with van der Waals surface area (Å²) in [7, 11) is 0. The van der Waals surface area contributed by atoms with E-state index in [0.29, 0.717) is 13.2 Å². The van der Waals surface area contributed by atoms with Crippen LogP contribution in [0.2, 0.25) is 0 Å². The molecule has 4 fully saturated rings. The first-order chi connectivity index (χ1) is 15.0. The number of hydrogen-bond donors (Lipinski definition) is 1. The molecule has 5 heteroatoms. The number of hydrogen-bond acceptors (Lipinski definition) is 3. The normalized spacial score (nSPS) is 28.9. The van der Waals surface area contributed by atoms with E-state index in [1.807, 2.05) is 42.9 Å². The smallest absolute Gasteiger partial charge is 0.254 e. The van der Waals surface area contributed by atoms with E-state index < -0.39 is 0 Å². The third-order valence-corrected chi connectivity index (χ3v) is 7.58. The monoisotopic (exact) mass is 421 g/mol. The van der Waals surface area contributed by atoms with Crippen molar-refractivity contribution in [1.82, 2.24) is 15.1 Å². The Bertz CT molecular complexity index is 883. The van der Waals surface area contributed by atoms with Crippen LogP contribution in [0, 0.1) is 17.8 Å². The van der Waals surface area contributed by atoms with Gasteiger partial charge in [-0.15, -0.1) is 0 Å². The molecule has 0 aliphatic heterocycles. The van der Waals surface area contributed by atoms with Gasteiger partial charge in [0.1, 0.15) is 0 Å². The van der Waals surface area contributed by atoms with Gasteiger partial charge in [0, 0.05) is 24.8 Å². The molecule has 166 valence electrons. The van der Waals surface area contributed by atoms with Crippen LogP contribution in [-0.4, -0.2) is 34.9 Å². The van der Waals surface area contributed by atoms with Gasteiger partial charge in [0.05, 0.1) is 23.0 Å². The first kappa shape index (κ1) is 20.7. The molecule has 1 amide bonds. The number of nitrogens with one attached hydrogen (secondary N) is 1. The molecule has 2 aromatic rings. The highest BCUT2D eigenvalue weighted by atomic mass is 16.5. The van der Waals surface area contributed by atoms with E-state index in [2.05, 4.69) is 17.4 Å². The molecule has 6 rings (SSSR count). The zero-order valence-electron chi connectivity index (χ0n) is 18.8. The summed E-state index contributed by atoms with van der Waals surface area (Å²) >= 11 is 0. The summed E-state index contributed by atoms with van der Waals surface area (Å²) in [4.78, 5) is 13.3. The molecule has 31 heavy (non-hydrogen) atoms. The van der Waals surface area contributed by atoms with Gasteiger partial charge in [-0.05, 0) is 88.7 Å². The van der Waals surface area contributed by atoms with Gasteiger partial charge in [-0.2, -0.15) is 5.10 Å². The summed E-state index contributed by atoms with van der Waals surface area (Å²) in [6.45, 7) is 5.37. The maximum absolute atomic E-state index is 13.3. The number of para-hydroxylation sites is 1. The average Bonchev–Trinajstić information content (AvgIpc) is 3.19. The zero-order valence-corrected chi connectivity index (χ0v) is 18.8. The summed E-state index contributed by atoms with van der Waals surface area (Å²) < 4.78 is 7.53. The number of amides is 1. The molecule has 4 bridgehead atoms. The second kappa shape index (κ2) is 8.42. The number of benzene rings is 1. The number of rotatable bonds is 8. The van der Waals surface area contributed by atoms with E-state index in [4.69, 9.17) is 9.84 Å². The molecular formula is C26H35N3O2. The zero-order chi connectivity index (χ0) is 21.4.